The van der Waals surface area contributed by atoms with Crippen LogP contribution in [0.3, 0.4) is 0 Å². The SMILES string of the molecule is CC(C)C[C@H](NC(=O)CCCOc1ccccc1)[C@@H](O)CC(=O)N[C@H](C(=O)N[C@H](C(=O)N[C@@H](C)C(=O)N[C@@H](CCC(=O)O)C(=O)N[C@@H](Cc1ccccc1)C(=O)O)C(C)C)C(C)C. The van der Waals surface area contributed by atoms with E-state index in [4.69, 9.17) is 4.74 Å². The summed E-state index contributed by atoms with van der Waals surface area (Å²) >= 11 is 0. The number of carbonyl (C=O) groups is 8. The first-order chi connectivity index (χ1) is 29.7. The molecule has 18 nitrogen and oxygen atoms in total. The number of carboxylic acids is 2. The summed E-state index contributed by atoms with van der Waals surface area (Å²) in [5.74, 6) is -7.13. The lowest BCUT2D eigenvalue weighted by molar-refractivity contribution is -0.143. The Labute approximate surface area is 369 Å². The molecular weight excluding hydrogens is 817 g/mol. The van der Waals surface area contributed by atoms with Crippen LogP contribution in [0.4, 0.5) is 0 Å². The molecule has 0 fully saturated rings. The van der Waals surface area contributed by atoms with E-state index < -0.39 is 109 Å². The highest BCUT2D eigenvalue weighted by atomic mass is 16.5. The summed E-state index contributed by atoms with van der Waals surface area (Å²) in [6, 6.07) is 10.4. The molecule has 2 aromatic rings. The van der Waals surface area contributed by atoms with Gasteiger partial charge in [0.2, 0.25) is 35.4 Å². The maximum absolute atomic E-state index is 13.6. The van der Waals surface area contributed by atoms with E-state index in [9.17, 15) is 53.7 Å². The van der Waals surface area contributed by atoms with Crippen molar-refractivity contribution >= 4 is 47.4 Å². The fourth-order valence-corrected chi connectivity index (χ4v) is 6.44. The smallest absolute Gasteiger partial charge is 0.326 e. The molecule has 348 valence electrons. The van der Waals surface area contributed by atoms with E-state index in [0.29, 0.717) is 30.8 Å². The molecule has 7 atom stereocenters. The van der Waals surface area contributed by atoms with E-state index in [1.54, 1.807) is 58.0 Å². The van der Waals surface area contributed by atoms with Crippen LogP contribution in [0.15, 0.2) is 60.7 Å². The minimum absolute atomic E-state index is 0.0659. The van der Waals surface area contributed by atoms with Crippen molar-refractivity contribution in [1.29, 1.82) is 0 Å². The molecule has 2 rings (SSSR count). The number of aliphatic carboxylic acids is 2. The van der Waals surface area contributed by atoms with Gasteiger partial charge >= 0.3 is 11.9 Å². The van der Waals surface area contributed by atoms with Gasteiger partial charge in [0.15, 0.2) is 0 Å². The third-order valence-corrected chi connectivity index (χ3v) is 9.93. The van der Waals surface area contributed by atoms with E-state index in [2.05, 4.69) is 31.9 Å². The number of para-hydroxylation sites is 1. The Morgan fingerprint density at radius 2 is 1.16 bits per heavy atom. The molecule has 0 spiro atoms. The van der Waals surface area contributed by atoms with Crippen LogP contribution in [0.1, 0.15) is 92.6 Å². The summed E-state index contributed by atoms with van der Waals surface area (Å²) in [7, 11) is 0. The lowest BCUT2D eigenvalue weighted by Gasteiger charge is -2.29. The van der Waals surface area contributed by atoms with Gasteiger partial charge in [0, 0.05) is 19.3 Å². The summed E-state index contributed by atoms with van der Waals surface area (Å²) < 4.78 is 5.64. The van der Waals surface area contributed by atoms with Crippen molar-refractivity contribution in [1.82, 2.24) is 31.9 Å². The molecule has 0 aliphatic heterocycles. The number of ether oxygens (including phenoxy) is 1. The molecule has 0 radical (unpaired) electrons. The Kier molecular flexibility index (Phi) is 22.8. The van der Waals surface area contributed by atoms with Crippen LogP contribution in [0.5, 0.6) is 5.75 Å². The van der Waals surface area contributed by atoms with Gasteiger partial charge in [-0.3, -0.25) is 33.6 Å². The maximum atomic E-state index is 13.6. The fraction of sp³-hybridized carbons (Fsp3) is 0.556. The standard InChI is InChI=1S/C45H66N6O12/c1-26(2)23-33(47-36(53)19-14-22-63-31-17-12-9-13-18-31)35(52)25-37(54)50-39(27(3)4)44(60)51-40(28(5)6)43(59)46-29(7)41(57)48-32(20-21-38(55)56)42(58)49-34(45(61)62)24-30-15-10-8-11-16-30/h8-13,15-18,26-29,32-35,39-40,52H,14,19-25H2,1-7H3,(H,46,59)(H,47,53)(H,48,57)(H,49,58)(H,50,54)(H,51,60)(H,55,56)(H,61,62)/t29-,32-,33-,34-,35-,39-,40-/m0/s1. The monoisotopic (exact) mass is 882 g/mol. The first kappa shape index (κ1) is 53.1. The molecule has 0 saturated carbocycles. The number of rotatable bonds is 28. The lowest BCUT2D eigenvalue weighted by Crippen LogP contribution is -2.60. The van der Waals surface area contributed by atoms with Crippen LogP contribution >= 0.6 is 0 Å². The van der Waals surface area contributed by atoms with Gasteiger partial charge in [0.1, 0.15) is 36.0 Å². The minimum Gasteiger partial charge on any atom is -0.494 e. The van der Waals surface area contributed by atoms with Gasteiger partial charge < -0.3 is 52.0 Å². The summed E-state index contributed by atoms with van der Waals surface area (Å²) in [6.07, 6.45) is -1.76. The number of hydrogen-bond donors (Lipinski definition) is 9. The number of nitrogens with one attached hydrogen (secondary N) is 6. The van der Waals surface area contributed by atoms with Crippen molar-refractivity contribution in [3.8, 4) is 5.75 Å². The second kappa shape index (κ2) is 27.1. The second-order valence-electron chi connectivity index (χ2n) is 16.7. The number of amides is 6. The molecule has 0 bridgehead atoms. The third-order valence-electron chi connectivity index (χ3n) is 9.93. The molecule has 2 aromatic carbocycles. The molecule has 0 aliphatic carbocycles. The van der Waals surface area contributed by atoms with Crippen LogP contribution in [-0.4, -0.2) is 112 Å². The first-order valence-electron chi connectivity index (χ1n) is 21.3. The average Bonchev–Trinajstić information content (AvgIpc) is 3.21. The molecule has 18 heteroatoms. The molecule has 9 N–H and O–H groups in total. The van der Waals surface area contributed by atoms with Crippen molar-refractivity contribution in [2.24, 2.45) is 17.8 Å². The van der Waals surface area contributed by atoms with Crippen molar-refractivity contribution in [2.75, 3.05) is 6.61 Å². The molecule has 6 amide bonds. The number of carbonyl (C=O) groups excluding carboxylic acids is 6. The molecule has 0 saturated heterocycles. The Bertz CT molecular complexity index is 1810. The van der Waals surface area contributed by atoms with Crippen LogP contribution < -0.4 is 36.6 Å². The van der Waals surface area contributed by atoms with Crippen LogP contribution in [-0.2, 0) is 44.8 Å². The summed E-state index contributed by atoms with van der Waals surface area (Å²) in [4.78, 5) is 103. The van der Waals surface area contributed by atoms with E-state index in [0.717, 1.165) is 0 Å². The van der Waals surface area contributed by atoms with Crippen molar-refractivity contribution in [3.05, 3.63) is 66.2 Å². The zero-order valence-corrected chi connectivity index (χ0v) is 37.2. The van der Waals surface area contributed by atoms with Crippen molar-refractivity contribution in [2.45, 2.75) is 136 Å². The van der Waals surface area contributed by atoms with Gasteiger partial charge in [0.05, 0.1) is 25.2 Å². The quantitative estimate of drug-likeness (QED) is 0.0556. The molecule has 0 heterocycles. The highest BCUT2D eigenvalue weighted by molar-refractivity contribution is 5.96. The van der Waals surface area contributed by atoms with Gasteiger partial charge in [-0.15, -0.1) is 0 Å². The van der Waals surface area contributed by atoms with Crippen LogP contribution in [0.2, 0.25) is 0 Å². The summed E-state index contributed by atoms with van der Waals surface area (Å²) in [5, 5.41) is 45.5. The van der Waals surface area contributed by atoms with E-state index in [1.165, 1.54) is 6.92 Å². The normalized spacial score (nSPS) is 14.5. The zero-order valence-electron chi connectivity index (χ0n) is 37.2. The minimum atomic E-state index is -1.47. The number of benzene rings is 2. The number of aliphatic hydroxyl groups excluding tert-OH is 1. The topological polar surface area (TPSA) is 279 Å². The second-order valence-corrected chi connectivity index (χ2v) is 16.7. The van der Waals surface area contributed by atoms with Crippen LogP contribution in [0.25, 0.3) is 0 Å². The van der Waals surface area contributed by atoms with Crippen molar-refractivity contribution in [3.63, 3.8) is 0 Å². The molecule has 63 heavy (non-hydrogen) atoms. The zero-order chi connectivity index (χ0) is 47.2. The van der Waals surface area contributed by atoms with E-state index >= 15 is 0 Å². The first-order valence-corrected chi connectivity index (χ1v) is 21.3. The van der Waals surface area contributed by atoms with Crippen molar-refractivity contribution < 1.29 is 58.4 Å². The predicted molar refractivity (Wildman–Crippen MR) is 233 cm³/mol. The fourth-order valence-electron chi connectivity index (χ4n) is 6.44. The molecular formula is C45H66N6O12. The Balaban J connectivity index is 2.04. The van der Waals surface area contributed by atoms with Gasteiger partial charge in [-0.2, -0.15) is 0 Å². The Morgan fingerprint density at radius 1 is 0.603 bits per heavy atom. The van der Waals surface area contributed by atoms with Gasteiger partial charge in [0.25, 0.3) is 0 Å². The highest BCUT2D eigenvalue weighted by Gasteiger charge is 2.34. The van der Waals surface area contributed by atoms with Crippen LogP contribution in [0, 0.1) is 17.8 Å². The number of carboxylic acid groups (broad SMARTS) is 2. The largest absolute Gasteiger partial charge is 0.494 e. The average molecular weight is 883 g/mol. The van der Waals surface area contributed by atoms with Gasteiger partial charge in [-0.25, -0.2) is 4.79 Å². The number of aliphatic hydroxyl groups is 1. The van der Waals surface area contributed by atoms with Gasteiger partial charge in [-0.05, 0) is 61.6 Å². The molecule has 0 unspecified atom stereocenters. The maximum Gasteiger partial charge on any atom is 0.326 e. The Morgan fingerprint density at radius 3 is 1.71 bits per heavy atom. The van der Waals surface area contributed by atoms with Gasteiger partial charge in [-0.1, -0.05) is 90.1 Å². The summed E-state index contributed by atoms with van der Waals surface area (Å²) in [6.45, 7) is 12.1. The summed E-state index contributed by atoms with van der Waals surface area (Å²) in [5.41, 5.74) is 0.616. The molecule has 0 aliphatic rings. The third kappa shape index (κ3) is 20.1. The van der Waals surface area contributed by atoms with E-state index in [1.807, 2.05) is 44.2 Å². The van der Waals surface area contributed by atoms with E-state index in [-0.39, 0.29) is 31.1 Å². The molecule has 0 aromatic heterocycles. The number of hydrogen-bond acceptors (Lipinski definition) is 10. The highest BCUT2D eigenvalue weighted by Crippen LogP contribution is 2.14. The lowest BCUT2D eigenvalue weighted by atomic mass is 9.96. The predicted octanol–water partition coefficient (Wildman–Crippen LogP) is 2.08. The Hall–Kier alpha value is -6.04.